The number of aromatic nitrogens is 2. The molecule has 1 rings (SSSR count). The first-order chi connectivity index (χ1) is 10.5. The van der Waals surface area contributed by atoms with E-state index in [4.69, 9.17) is 9.47 Å². The highest BCUT2D eigenvalue weighted by Crippen LogP contribution is 2.11. The van der Waals surface area contributed by atoms with E-state index in [1.807, 2.05) is 13.8 Å². The van der Waals surface area contributed by atoms with Gasteiger partial charge in [-0.3, -0.25) is 0 Å². The Bertz CT molecular complexity index is 535. The average Bonchev–Trinajstić information content (AvgIpc) is 2.48. The maximum absolute atomic E-state index is 11.8. The Hall–Kier alpha value is -2.44. The lowest BCUT2D eigenvalue weighted by molar-refractivity contribution is -0.146. The first-order valence-corrected chi connectivity index (χ1v) is 7.13. The predicted molar refractivity (Wildman–Crippen MR) is 81.1 cm³/mol. The molecule has 0 fully saturated rings. The summed E-state index contributed by atoms with van der Waals surface area (Å²) in [5, 5.41) is 2.80. The van der Waals surface area contributed by atoms with Crippen LogP contribution in [0.15, 0.2) is 24.0 Å². The molecule has 1 aromatic rings. The van der Waals surface area contributed by atoms with Gasteiger partial charge >= 0.3 is 11.9 Å². The monoisotopic (exact) mass is 307 g/mol. The fourth-order valence-corrected chi connectivity index (χ4v) is 1.50. The van der Waals surface area contributed by atoms with Crippen molar-refractivity contribution < 1.29 is 19.1 Å². The van der Waals surface area contributed by atoms with Gasteiger partial charge in [-0.15, -0.1) is 0 Å². The van der Waals surface area contributed by atoms with Crippen LogP contribution in [0.3, 0.4) is 0 Å². The van der Waals surface area contributed by atoms with E-state index in [1.54, 1.807) is 26.1 Å². The number of carbonyl (C=O) groups is 2. The van der Waals surface area contributed by atoms with E-state index >= 15 is 0 Å². The standard InChI is InChI=1S/C15H21N3O4/c1-5-21-14(19)11(15(20)22-6-2)9-17-12-7-8-16-13(18-12)10(3)4/h7-10H,5-6H2,1-4H3,(H,16,17,18). The lowest BCUT2D eigenvalue weighted by Crippen LogP contribution is -2.19. The lowest BCUT2D eigenvalue weighted by atomic mass is 10.2. The van der Waals surface area contributed by atoms with Gasteiger partial charge in [-0.1, -0.05) is 13.8 Å². The minimum absolute atomic E-state index is 0.167. The minimum Gasteiger partial charge on any atom is -0.462 e. The average molecular weight is 307 g/mol. The van der Waals surface area contributed by atoms with E-state index in [2.05, 4.69) is 15.3 Å². The summed E-state index contributed by atoms with van der Waals surface area (Å²) in [7, 11) is 0. The highest BCUT2D eigenvalue weighted by molar-refractivity contribution is 6.14. The number of nitrogens with one attached hydrogen (secondary N) is 1. The first kappa shape index (κ1) is 17.6. The summed E-state index contributed by atoms with van der Waals surface area (Å²) in [5.74, 6) is -0.185. The van der Waals surface area contributed by atoms with E-state index in [1.165, 1.54) is 6.20 Å². The van der Waals surface area contributed by atoms with E-state index < -0.39 is 11.9 Å². The van der Waals surface area contributed by atoms with E-state index in [0.29, 0.717) is 11.6 Å². The molecule has 7 heteroatoms. The normalized spacial score (nSPS) is 10.0. The number of nitrogens with zero attached hydrogens (tertiary/aromatic N) is 2. The minimum atomic E-state index is -0.744. The molecule has 0 amide bonds. The zero-order valence-electron chi connectivity index (χ0n) is 13.3. The van der Waals surface area contributed by atoms with Crippen molar-refractivity contribution in [3.63, 3.8) is 0 Å². The second-order valence-electron chi connectivity index (χ2n) is 4.60. The van der Waals surface area contributed by atoms with E-state index in [0.717, 1.165) is 0 Å². The van der Waals surface area contributed by atoms with Crippen LogP contribution in [0.4, 0.5) is 5.82 Å². The van der Waals surface area contributed by atoms with Crippen LogP contribution in [0.1, 0.15) is 39.4 Å². The van der Waals surface area contributed by atoms with Crippen LogP contribution in [-0.4, -0.2) is 35.1 Å². The smallest absolute Gasteiger partial charge is 0.347 e. The molecule has 1 heterocycles. The Morgan fingerprint density at radius 1 is 1.23 bits per heavy atom. The zero-order valence-corrected chi connectivity index (χ0v) is 13.3. The molecule has 0 aromatic carbocycles. The van der Waals surface area contributed by atoms with Crippen molar-refractivity contribution in [2.24, 2.45) is 0 Å². The van der Waals surface area contributed by atoms with Gasteiger partial charge in [-0.25, -0.2) is 19.6 Å². The van der Waals surface area contributed by atoms with Gasteiger partial charge in [0.15, 0.2) is 5.57 Å². The number of ether oxygens (including phenoxy) is 2. The van der Waals surface area contributed by atoms with Crippen molar-refractivity contribution in [3.05, 3.63) is 29.9 Å². The van der Waals surface area contributed by atoms with Gasteiger partial charge in [0.05, 0.1) is 13.2 Å². The molecule has 0 aliphatic carbocycles. The molecule has 1 N–H and O–H groups in total. The summed E-state index contributed by atoms with van der Waals surface area (Å²) in [6.45, 7) is 7.59. The SMILES string of the molecule is CCOC(=O)C(=CNc1ccnc(C(C)C)n1)C(=O)OCC. The van der Waals surface area contributed by atoms with Crippen LogP contribution in [-0.2, 0) is 19.1 Å². The van der Waals surface area contributed by atoms with Gasteiger partial charge in [-0.2, -0.15) is 0 Å². The van der Waals surface area contributed by atoms with Gasteiger partial charge in [0.25, 0.3) is 0 Å². The second kappa shape index (κ2) is 8.76. The molecule has 0 atom stereocenters. The van der Waals surface area contributed by atoms with Crippen LogP contribution in [0.5, 0.6) is 0 Å². The molecule has 0 aliphatic rings. The maximum atomic E-state index is 11.8. The number of hydrogen-bond acceptors (Lipinski definition) is 7. The first-order valence-electron chi connectivity index (χ1n) is 7.13. The Morgan fingerprint density at radius 3 is 2.32 bits per heavy atom. The van der Waals surface area contributed by atoms with Crippen LogP contribution in [0, 0.1) is 0 Å². The fourth-order valence-electron chi connectivity index (χ4n) is 1.50. The summed E-state index contributed by atoms with van der Waals surface area (Å²) in [5.41, 5.74) is -0.214. The van der Waals surface area contributed by atoms with Crippen molar-refractivity contribution in [3.8, 4) is 0 Å². The summed E-state index contributed by atoms with van der Waals surface area (Å²) < 4.78 is 9.68. The predicted octanol–water partition coefficient (Wildman–Crippen LogP) is 2.02. The van der Waals surface area contributed by atoms with Crippen LogP contribution in [0.2, 0.25) is 0 Å². The van der Waals surface area contributed by atoms with Crippen LogP contribution < -0.4 is 5.32 Å². The fraction of sp³-hybridized carbons (Fsp3) is 0.467. The Morgan fingerprint density at radius 2 is 1.82 bits per heavy atom. The summed E-state index contributed by atoms with van der Waals surface area (Å²) in [4.78, 5) is 32.0. The largest absolute Gasteiger partial charge is 0.462 e. The molecule has 0 saturated heterocycles. The van der Waals surface area contributed by atoms with Gasteiger partial charge in [-0.05, 0) is 19.9 Å². The molecule has 120 valence electrons. The van der Waals surface area contributed by atoms with Crippen molar-refractivity contribution in [1.82, 2.24) is 9.97 Å². The third-order valence-electron chi connectivity index (χ3n) is 2.55. The number of carbonyl (C=O) groups excluding carboxylic acids is 2. The maximum Gasteiger partial charge on any atom is 0.347 e. The molecule has 0 bridgehead atoms. The Balaban J connectivity index is 2.94. The Labute approximate surface area is 129 Å². The van der Waals surface area contributed by atoms with Gasteiger partial charge in [0, 0.05) is 18.3 Å². The highest BCUT2D eigenvalue weighted by Gasteiger charge is 2.21. The molecule has 0 unspecified atom stereocenters. The van der Waals surface area contributed by atoms with Crippen LogP contribution in [0.25, 0.3) is 0 Å². The molecule has 0 spiro atoms. The second-order valence-corrected chi connectivity index (χ2v) is 4.60. The zero-order chi connectivity index (χ0) is 16.5. The van der Waals surface area contributed by atoms with Gasteiger partial charge < -0.3 is 14.8 Å². The van der Waals surface area contributed by atoms with E-state index in [9.17, 15) is 9.59 Å². The number of hydrogen-bond donors (Lipinski definition) is 1. The molecular formula is C15H21N3O4. The number of anilines is 1. The molecule has 0 aliphatic heterocycles. The summed E-state index contributed by atoms with van der Waals surface area (Å²) in [6, 6.07) is 1.64. The summed E-state index contributed by atoms with van der Waals surface area (Å²) in [6.07, 6.45) is 2.84. The van der Waals surface area contributed by atoms with Gasteiger partial charge in [0.1, 0.15) is 11.6 Å². The molecule has 0 radical (unpaired) electrons. The third-order valence-corrected chi connectivity index (χ3v) is 2.55. The van der Waals surface area contributed by atoms with Crippen molar-refractivity contribution in [2.75, 3.05) is 18.5 Å². The highest BCUT2D eigenvalue weighted by atomic mass is 16.6. The molecule has 1 aromatic heterocycles. The number of esters is 2. The van der Waals surface area contributed by atoms with Crippen molar-refractivity contribution in [2.45, 2.75) is 33.6 Å². The van der Waals surface area contributed by atoms with E-state index in [-0.39, 0.29) is 24.7 Å². The van der Waals surface area contributed by atoms with Crippen molar-refractivity contribution >= 4 is 17.8 Å². The van der Waals surface area contributed by atoms with Crippen molar-refractivity contribution in [1.29, 1.82) is 0 Å². The summed E-state index contributed by atoms with van der Waals surface area (Å²) >= 11 is 0. The molecule has 22 heavy (non-hydrogen) atoms. The lowest BCUT2D eigenvalue weighted by Gasteiger charge is -2.08. The van der Waals surface area contributed by atoms with Gasteiger partial charge in [0.2, 0.25) is 0 Å². The van der Waals surface area contributed by atoms with Crippen LogP contribution >= 0.6 is 0 Å². The quantitative estimate of drug-likeness (QED) is 0.356. The molecular weight excluding hydrogens is 286 g/mol. The molecule has 0 saturated carbocycles. The topological polar surface area (TPSA) is 90.4 Å². The number of rotatable bonds is 7. The molecule has 7 nitrogen and oxygen atoms in total. The third kappa shape index (κ3) is 5.16. The Kier molecular flexibility index (Phi) is 7.01.